The van der Waals surface area contributed by atoms with Gasteiger partial charge in [-0.05, 0) is 43.4 Å². The monoisotopic (exact) mass is 386 g/mol. The Morgan fingerprint density at radius 3 is 2.64 bits per heavy atom. The van der Waals surface area contributed by atoms with Crippen LogP contribution in [-0.4, -0.2) is 39.9 Å². The van der Waals surface area contributed by atoms with Gasteiger partial charge in [0.25, 0.3) is 0 Å². The summed E-state index contributed by atoms with van der Waals surface area (Å²) in [6, 6.07) is 5.99. The number of imidazole rings is 1. The molecule has 1 saturated heterocycles. The predicted octanol–water partition coefficient (Wildman–Crippen LogP) is 2.57. The number of urea groups is 1. The lowest BCUT2D eigenvalue weighted by Crippen LogP contribution is -2.42. The predicted molar refractivity (Wildman–Crippen MR) is 103 cm³/mol. The van der Waals surface area contributed by atoms with Crippen LogP contribution in [0.2, 0.25) is 0 Å². The number of nitrogens with one attached hydrogen (secondary N) is 2. The Labute approximate surface area is 163 Å². The zero-order chi connectivity index (χ0) is 19.9. The maximum absolute atomic E-state index is 12.6. The highest BCUT2D eigenvalue weighted by Gasteiger charge is 2.29. The van der Waals surface area contributed by atoms with Crippen molar-refractivity contribution in [3.05, 3.63) is 53.6 Å². The van der Waals surface area contributed by atoms with Crippen molar-refractivity contribution >= 4 is 12.0 Å². The Bertz CT molecular complexity index is 797. The number of hydrogen-bond donors (Lipinski definition) is 3. The van der Waals surface area contributed by atoms with Crippen LogP contribution in [0.3, 0.4) is 0 Å². The van der Waals surface area contributed by atoms with Crippen molar-refractivity contribution in [1.29, 1.82) is 0 Å². The summed E-state index contributed by atoms with van der Waals surface area (Å²) < 4.78 is 7.51. The molecule has 28 heavy (non-hydrogen) atoms. The Hall–Kier alpha value is -2.87. The van der Waals surface area contributed by atoms with E-state index in [1.165, 1.54) is 12.1 Å². The Morgan fingerprint density at radius 2 is 2.00 bits per heavy atom. The lowest BCUT2D eigenvalue weighted by molar-refractivity contribution is 0.0533. The molecule has 3 N–H and O–H groups in total. The third-order valence-electron chi connectivity index (χ3n) is 5.04. The molecule has 0 radical (unpaired) electrons. The summed E-state index contributed by atoms with van der Waals surface area (Å²) in [6.45, 7) is 4.52. The van der Waals surface area contributed by atoms with Gasteiger partial charge < -0.3 is 25.0 Å². The van der Waals surface area contributed by atoms with Crippen LogP contribution < -0.4 is 10.6 Å². The molecule has 1 fully saturated rings. The Morgan fingerprint density at radius 1 is 1.29 bits per heavy atom. The van der Waals surface area contributed by atoms with E-state index in [2.05, 4.69) is 15.6 Å². The Kier molecular flexibility index (Phi) is 6.65. The summed E-state index contributed by atoms with van der Waals surface area (Å²) >= 11 is 0. The van der Waals surface area contributed by atoms with Gasteiger partial charge in [0.2, 0.25) is 0 Å². The number of amides is 2. The molecule has 2 heterocycles. The fourth-order valence-corrected chi connectivity index (χ4v) is 3.45. The number of aryl methyl sites for hydroxylation is 1. The third-order valence-corrected chi connectivity index (χ3v) is 5.04. The van der Waals surface area contributed by atoms with Crippen LogP contribution in [0.5, 0.6) is 0 Å². The first-order chi connectivity index (χ1) is 13.6. The first kappa shape index (κ1) is 19.9. The third kappa shape index (κ3) is 4.89. The fraction of sp³-hybridized carbons (Fsp3) is 0.450. The lowest BCUT2D eigenvalue weighted by Gasteiger charge is -2.31. The van der Waals surface area contributed by atoms with Crippen LogP contribution in [-0.2, 0) is 17.8 Å². The number of hydrogen-bond acceptors (Lipinski definition) is 4. The van der Waals surface area contributed by atoms with Crippen LogP contribution in [0.25, 0.3) is 0 Å². The van der Waals surface area contributed by atoms with Gasteiger partial charge in [-0.1, -0.05) is 12.1 Å². The lowest BCUT2D eigenvalue weighted by atomic mass is 9.91. The molecule has 150 valence electrons. The van der Waals surface area contributed by atoms with Crippen molar-refractivity contribution in [2.75, 3.05) is 13.2 Å². The minimum absolute atomic E-state index is 0.187. The number of aromatic nitrogens is 2. The number of carbonyl (C=O) groups is 2. The van der Waals surface area contributed by atoms with Gasteiger partial charge in [-0.15, -0.1) is 0 Å². The maximum atomic E-state index is 12.6. The van der Waals surface area contributed by atoms with Gasteiger partial charge in [0.05, 0.1) is 11.6 Å². The quantitative estimate of drug-likeness (QED) is 0.678. The highest BCUT2D eigenvalue weighted by molar-refractivity contribution is 5.87. The minimum atomic E-state index is -0.969. The summed E-state index contributed by atoms with van der Waals surface area (Å²) in [5, 5.41) is 14.9. The van der Waals surface area contributed by atoms with Crippen LogP contribution >= 0.6 is 0 Å². The molecule has 1 aromatic carbocycles. The van der Waals surface area contributed by atoms with Crippen molar-refractivity contribution in [3.8, 4) is 0 Å². The largest absolute Gasteiger partial charge is 0.478 e. The van der Waals surface area contributed by atoms with E-state index in [0.717, 1.165) is 30.8 Å². The van der Waals surface area contributed by atoms with Crippen molar-refractivity contribution in [3.63, 3.8) is 0 Å². The Balaban J connectivity index is 1.64. The molecule has 0 saturated carbocycles. The van der Waals surface area contributed by atoms with Gasteiger partial charge in [-0.25, -0.2) is 14.6 Å². The first-order valence-electron chi connectivity index (χ1n) is 9.54. The summed E-state index contributed by atoms with van der Waals surface area (Å²) in [7, 11) is 0. The average molecular weight is 386 g/mol. The molecular formula is C20H26N4O4. The van der Waals surface area contributed by atoms with Crippen LogP contribution in [0.4, 0.5) is 4.79 Å². The molecule has 8 nitrogen and oxygen atoms in total. The van der Waals surface area contributed by atoms with Crippen molar-refractivity contribution < 1.29 is 19.4 Å². The standard InChI is InChI=1S/C20H26N4O4/c1-2-24-10-9-21-18(24)17(15-7-11-28-12-8-15)23-20(27)22-13-14-3-5-16(6-4-14)19(25)26/h3-6,9-10,15,17H,2,7-8,11-13H2,1H3,(H,25,26)(H2,22,23,27). The normalized spacial score (nSPS) is 15.8. The highest BCUT2D eigenvalue weighted by Crippen LogP contribution is 2.29. The molecule has 0 aliphatic carbocycles. The second-order valence-electron chi connectivity index (χ2n) is 6.83. The second-order valence-corrected chi connectivity index (χ2v) is 6.83. The molecule has 1 aliphatic heterocycles. The summed E-state index contributed by atoms with van der Waals surface area (Å²) in [6.07, 6.45) is 5.43. The average Bonchev–Trinajstić information content (AvgIpc) is 3.20. The van der Waals surface area contributed by atoms with E-state index >= 15 is 0 Å². The molecule has 0 bridgehead atoms. The van der Waals surface area contributed by atoms with Crippen molar-refractivity contribution in [2.45, 2.75) is 38.9 Å². The summed E-state index contributed by atoms with van der Waals surface area (Å²) in [5.74, 6) is 0.153. The maximum Gasteiger partial charge on any atom is 0.335 e. The number of aromatic carboxylic acids is 1. The number of benzene rings is 1. The topological polar surface area (TPSA) is 105 Å². The van der Waals surface area contributed by atoms with E-state index in [1.807, 2.05) is 17.7 Å². The van der Waals surface area contributed by atoms with Gasteiger partial charge in [0, 0.05) is 38.7 Å². The minimum Gasteiger partial charge on any atom is -0.478 e. The van der Waals surface area contributed by atoms with E-state index in [1.54, 1.807) is 18.3 Å². The molecule has 0 spiro atoms. The van der Waals surface area contributed by atoms with Crippen LogP contribution in [0.15, 0.2) is 36.7 Å². The number of carboxylic acids is 1. The number of ether oxygens (including phenoxy) is 1. The van der Waals surface area contributed by atoms with Crippen molar-refractivity contribution in [2.24, 2.45) is 5.92 Å². The fourth-order valence-electron chi connectivity index (χ4n) is 3.45. The molecule has 2 aromatic rings. The molecule has 1 atom stereocenters. The summed E-state index contributed by atoms with van der Waals surface area (Å²) in [4.78, 5) is 28.0. The molecule has 1 aliphatic rings. The molecular weight excluding hydrogens is 360 g/mol. The molecule has 1 aromatic heterocycles. The molecule has 8 heteroatoms. The molecule has 1 unspecified atom stereocenters. The zero-order valence-electron chi connectivity index (χ0n) is 15.9. The van der Waals surface area contributed by atoms with Crippen LogP contribution in [0, 0.1) is 5.92 Å². The van der Waals surface area contributed by atoms with E-state index in [9.17, 15) is 9.59 Å². The van der Waals surface area contributed by atoms with Gasteiger partial charge in [0.1, 0.15) is 5.82 Å². The first-order valence-corrected chi connectivity index (χ1v) is 9.54. The molecule has 3 rings (SSSR count). The van der Waals surface area contributed by atoms with Crippen molar-refractivity contribution in [1.82, 2.24) is 20.2 Å². The smallest absolute Gasteiger partial charge is 0.335 e. The van der Waals surface area contributed by atoms with Gasteiger partial charge >= 0.3 is 12.0 Å². The number of carbonyl (C=O) groups excluding carboxylic acids is 1. The highest BCUT2D eigenvalue weighted by atomic mass is 16.5. The van der Waals surface area contributed by atoms with Gasteiger partial charge in [0.15, 0.2) is 0 Å². The zero-order valence-corrected chi connectivity index (χ0v) is 15.9. The number of carboxylic acid groups (broad SMARTS) is 1. The van der Waals surface area contributed by atoms with E-state index < -0.39 is 5.97 Å². The van der Waals surface area contributed by atoms with E-state index in [-0.39, 0.29) is 23.6 Å². The van der Waals surface area contributed by atoms with E-state index in [0.29, 0.717) is 19.8 Å². The number of rotatable bonds is 7. The SMILES string of the molecule is CCn1ccnc1C(NC(=O)NCc1ccc(C(=O)O)cc1)C1CCOCC1. The second kappa shape index (κ2) is 9.36. The van der Waals surface area contributed by atoms with Crippen LogP contribution in [0.1, 0.15) is 47.6 Å². The van der Waals surface area contributed by atoms with Gasteiger partial charge in [-0.2, -0.15) is 0 Å². The number of nitrogens with zero attached hydrogens (tertiary/aromatic N) is 2. The summed E-state index contributed by atoms with van der Waals surface area (Å²) in [5.41, 5.74) is 1.05. The van der Waals surface area contributed by atoms with E-state index in [4.69, 9.17) is 9.84 Å². The molecule has 2 amide bonds. The van der Waals surface area contributed by atoms with Gasteiger partial charge in [-0.3, -0.25) is 0 Å².